The van der Waals surface area contributed by atoms with Crippen molar-refractivity contribution >= 4 is 27.4 Å². The van der Waals surface area contributed by atoms with Crippen molar-refractivity contribution in [2.24, 2.45) is 0 Å². The molecular weight excluding hydrogens is 250 g/mol. The zero-order valence-electron chi connectivity index (χ0n) is 9.96. The van der Waals surface area contributed by atoms with Crippen molar-refractivity contribution < 1.29 is 9.47 Å². The van der Waals surface area contributed by atoms with Gasteiger partial charge in [0, 0.05) is 6.61 Å². The van der Waals surface area contributed by atoms with Crippen LogP contribution < -0.4 is 5.73 Å². The highest BCUT2D eigenvalue weighted by Gasteiger charge is 2.15. The lowest BCUT2D eigenvalue weighted by molar-refractivity contribution is 0.00875. The third-order valence-electron chi connectivity index (χ3n) is 2.96. The van der Waals surface area contributed by atoms with Crippen molar-refractivity contribution in [2.45, 2.75) is 25.6 Å². The maximum atomic E-state index is 5.87. The van der Waals surface area contributed by atoms with Gasteiger partial charge in [-0.05, 0) is 24.3 Å². The fraction of sp³-hybridized carbons (Fsp3) is 0.500. The molecule has 0 aromatic carbocycles. The van der Waals surface area contributed by atoms with Crippen LogP contribution in [0.4, 0.5) is 5.82 Å². The minimum absolute atomic E-state index is 0.229. The Morgan fingerprint density at radius 3 is 3.28 bits per heavy atom. The lowest BCUT2D eigenvalue weighted by Gasteiger charge is -2.09. The molecule has 3 rings (SSSR count). The third kappa shape index (κ3) is 2.45. The Balaban J connectivity index is 1.63. The van der Waals surface area contributed by atoms with Crippen LogP contribution in [0.3, 0.4) is 0 Å². The first kappa shape index (κ1) is 11.8. The van der Waals surface area contributed by atoms with Crippen molar-refractivity contribution in [3.63, 3.8) is 0 Å². The number of rotatable bonds is 4. The molecule has 2 aromatic heterocycles. The number of thiophene rings is 1. The van der Waals surface area contributed by atoms with E-state index in [1.54, 1.807) is 11.3 Å². The van der Waals surface area contributed by atoms with Gasteiger partial charge in [-0.1, -0.05) is 0 Å². The number of anilines is 1. The van der Waals surface area contributed by atoms with Gasteiger partial charge >= 0.3 is 0 Å². The molecule has 0 bridgehead atoms. The molecule has 2 N–H and O–H groups in total. The highest BCUT2D eigenvalue weighted by atomic mass is 32.1. The highest BCUT2D eigenvalue weighted by molar-refractivity contribution is 7.16. The van der Waals surface area contributed by atoms with E-state index >= 15 is 0 Å². The number of hydrogen-bond acceptors (Lipinski definition) is 6. The van der Waals surface area contributed by atoms with E-state index in [9.17, 15) is 0 Å². The predicted molar refractivity (Wildman–Crippen MR) is 70.5 cm³/mol. The monoisotopic (exact) mass is 265 g/mol. The molecule has 5 nitrogen and oxygen atoms in total. The molecule has 96 valence electrons. The molecule has 1 aliphatic rings. The minimum Gasteiger partial charge on any atom is -0.383 e. The number of hydrogen-bond donors (Lipinski definition) is 1. The number of nitrogens with zero attached hydrogens (tertiary/aromatic N) is 2. The van der Waals surface area contributed by atoms with E-state index in [0.29, 0.717) is 24.9 Å². The number of aromatic nitrogens is 2. The normalized spacial score (nSPS) is 19.7. The van der Waals surface area contributed by atoms with Crippen LogP contribution in [0.15, 0.2) is 11.4 Å². The molecule has 1 fully saturated rings. The predicted octanol–water partition coefficient (Wildman–Crippen LogP) is 1.97. The van der Waals surface area contributed by atoms with E-state index in [4.69, 9.17) is 15.2 Å². The summed E-state index contributed by atoms with van der Waals surface area (Å²) in [5.41, 5.74) is 5.87. The zero-order valence-corrected chi connectivity index (χ0v) is 10.8. The van der Waals surface area contributed by atoms with Crippen LogP contribution in [0.5, 0.6) is 0 Å². The average molecular weight is 265 g/mol. The van der Waals surface area contributed by atoms with Crippen LogP contribution in [0.1, 0.15) is 18.7 Å². The van der Waals surface area contributed by atoms with Crippen molar-refractivity contribution in [3.8, 4) is 0 Å². The highest BCUT2D eigenvalue weighted by Crippen LogP contribution is 2.23. The Kier molecular flexibility index (Phi) is 3.40. The Hall–Kier alpha value is -1.24. The van der Waals surface area contributed by atoms with Crippen LogP contribution in [0, 0.1) is 0 Å². The fourth-order valence-corrected chi connectivity index (χ4v) is 2.84. The standard InChI is InChI=1S/C12H15N3O2S/c13-11-9-3-5-18-12(9)15-10(14-11)7-16-6-8-2-1-4-17-8/h3,5,8H,1-2,4,6-7H2,(H2,13,14,15). The summed E-state index contributed by atoms with van der Waals surface area (Å²) < 4.78 is 11.1. The van der Waals surface area contributed by atoms with E-state index in [0.717, 1.165) is 29.7 Å². The van der Waals surface area contributed by atoms with Crippen molar-refractivity contribution in [2.75, 3.05) is 18.9 Å². The summed E-state index contributed by atoms with van der Waals surface area (Å²) in [6.07, 6.45) is 2.43. The summed E-state index contributed by atoms with van der Waals surface area (Å²) in [6, 6.07) is 1.94. The number of ether oxygens (including phenoxy) is 2. The quantitative estimate of drug-likeness (QED) is 0.915. The van der Waals surface area contributed by atoms with Crippen LogP contribution in [0.25, 0.3) is 10.2 Å². The Morgan fingerprint density at radius 2 is 2.44 bits per heavy atom. The molecular formula is C12H15N3O2S. The second-order valence-electron chi connectivity index (χ2n) is 4.31. The Bertz CT molecular complexity index is 537. The van der Waals surface area contributed by atoms with Crippen LogP contribution in [0.2, 0.25) is 0 Å². The topological polar surface area (TPSA) is 70.3 Å². The van der Waals surface area contributed by atoms with Gasteiger partial charge in [-0.2, -0.15) is 0 Å². The van der Waals surface area contributed by atoms with Gasteiger partial charge in [0.1, 0.15) is 17.3 Å². The third-order valence-corrected chi connectivity index (χ3v) is 3.77. The Morgan fingerprint density at radius 1 is 1.50 bits per heavy atom. The molecule has 3 heterocycles. The van der Waals surface area contributed by atoms with Gasteiger partial charge in [0.05, 0.1) is 18.1 Å². The van der Waals surface area contributed by atoms with Gasteiger partial charge in [0.15, 0.2) is 5.82 Å². The smallest absolute Gasteiger partial charge is 0.158 e. The molecule has 0 saturated carbocycles. The van der Waals surface area contributed by atoms with Gasteiger partial charge in [-0.3, -0.25) is 0 Å². The first-order valence-electron chi connectivity index (χ1n) is 6.02. The maximum absolute atomic E-state index is 5.87. The van der Waals surface area contributed by atoms with E-state index < -0.39 is 0 Å². The largest absolute Gasteiger partial charge is 0.383 e. The summed E-state index contributed by atoms with van der Waals surface area (Å²) in [5.74, 6) is 1.16. The van der Waals surface area contributed by atoms with Gasteiger partial charge in [0.25, 0.3) is 0 Å². The molecule has 0 radical (unpaired) electrons. The SMILES string of the molecule is Nc1nc(COCC2CCCO2)nc2sccc12. The zero-order chi connectivity index (χ0) is 12.4. The van der Waals surface area contributed by atoms with Crippen LogP contribution >= 0.6 is 11.3 Å². The molecule has 0 aliphatic carbocycles. The van der Waals surface area contributed by atoms with E-state index in [1.165, 1.54) is 0 Å². The summed E-state index contributed by atoms with van der Waals surface area (Å²) in [5, 5.41) is 2.88. The molecule has 1 unspecified atom stereocenters. The molecule has 6 heteroatoms. The molecule has 1 atom stereocenters. The summed E-state index contributed by atoms with van der Waals surface area (Å²) in [4.78, 5) is 9.58. The molecule has 1 saturated heterocycles. The molecule has 0 amide bonds. The molecule has 0 spiro atoms. The van der Waals surface area contributed by atoms with Crippen molar-refractivity contribution in [3.05, 3.63) is 17.3 Å². The average Bonchev–Trinajstić information content (AvgIpc) is 2.99. The lowest BCUT2D eigenvalue weighted by atomic mass is 10.2. The summed E-state index contributed by atoms with van der Waals surface area (Å²) >= 11 is 1.56. The maximum Gasteiger partial charge on any atom is 0.158 e. The van der Waals surface area contributed by atoms with E-state index in [1.807, 2.05) is 11.4 Å². The van der Waals surface area contributed by atoms with E-state index in [-0.39, 0.29) is 6.10 Å². The number of nitrogens with two attached hydrogens (primary N) is 1. The summed E-state index contributed by atoms with van der Waals surface area (Å²) in [6.45, 7) is 1.84. The molecule has 2 aromatic rings. The number of fused-ring (bicyclic) bond motifs is 1. The molecule has 1 aliphatic heterocycles. The lowest BCUT2D eigenvalue weighted by Crippen LogP contribution is -2.14. The second kappa shape index (κ2) is 5.17. The van der Waals surface area contributed by atoms with Crippen molar-refractivity contribution in [1.82, 2.24) is 9.97 Å². The van der Waals surface area contributed by atoms with Crippen LogP contribution in [-0.2, 0) is 16.1 Å². The minimum atomic E-state index is 0.229. The number of nitrogen functional groups attached to an aromatic ring is 1. The Labute approximate surface area is 109 Å². The first-order chi connectivity index (χ1) is 8.83. The van der Waals surface area contributed by atoms with Crippen LogP contribution in [-0.4, -0.2) is 29.3 Å². The first-order valence-corrected chi connectivity index (χ1v) is 6.90. The fourth-order valence-electron chi connectivity index (χ4n) is 2.05. The van der Waals surface area contributed by atoms with Gasteiger partial charge in [-0.25, -0.2) is 9.97 Å². The molecule has 18 heavy (non-hydrogen) atoms. The second-order valence-corrected chi connectivity index (χ2v) is 5.21. The van der Waals surface area contributed by atoms with Crippen molar-refractivity contribution in [1.29, 1.82) is 0 Å². The summed E-state index contributed by atoms with van der Waals surface area (Å²) in [7, 11) is 0. The van der Waals surface area contributed by atoms with Gasteiger partial charge in [-0.15, -0.1) is 11.3 Å². The van der Waals surface area contributed by atoms with Gasteiger partial charge in [0.2, 0.25) is 0 Å². The van der Waals surface area contributed by atoms with E-state index in [2.05, 4.69) is 9.97 Å². The van der Waals surface area contributed by atoms with Gasteiger partial charge < -0.3 is 15.2 Å².